The molecule has 1 aliphatic rings. The summed E-state index contributed by atoms with van der Waals surface area (Å²) in [5, 5.41) is 3.42. The van der Waals surface area contributed by atoms with E-state index in [0.29, 0.717) is 12.0 Å². The van der Waals surface area contributed by atoms with Crippen LogP contribution < -0.4 is 5.32 Å². The van der Waals surface area contributed by atoms with Gasteiger partial charge in [0, 0.05) is 21.8 Å². The highest BCUT2D eigenvalue weighted by Crippen LogP contribution is 2.42. The number of hydrogen-bond donors (Lipinski definition) is 1. The fourth-order valence-corrected chi connectivity index (χ4v) is 3.91. The Morgan fingerprint density at radius 3 is 2.53 bits per heavy atom. The number of benzene rings is 2. The normalized spacial score (nSPS) is 19.2. The molecule has 2 atom stereocenters. The van der Waals surface area contributed by atoms with E-state index in [4.69, 9.17) is 0 Å². The van der Waals surface area contributed by atoms with E-state index in [1.54, 1.807) is 0 Å². The van der Waals surface area contributed by atoms with Gasteiger partial charge in [0.25, 0.3) is 0 Å². The van der Waals surface area contributed by atoms with Gasteiger partial charge in [-0.15, -0.1) is 0 Å². The lowest BCUT2D eigenvalue weighted by Gasteiger charge is -2.24. The maximum Gasteiger partial charge on any atom is 0.0158 e. The minimum absolute atomic E-state index is 0.480. The fraction of sp³-hybridized carbons (Fsp3) is 0.294. The number of nitrogens with one attached hydrogen (secondary N) is 1. The first-order chi connectivity index (χ1) is 9.29. The molecular formula is C17H19NS. The lowest BCUT2D eigenvalue weighted by atomic mass is 9.87. The maximum atomic E-state index is 3.42. The molecule has 0 amide bonds. The van der Waals surface area contributed by atoms with Gasteiger partial charge in [-0.2, -0.15) is 0 Å². The molecule has 2 aromatic rings. The maximum absolute atomic E-state index is 3.42. The highest BCUT2D eigenvalue weighted by atomic mass is 32.2. The van der Waals surface area contributed by atoms with Crippen molar-refractivity contribution in [1.82, 2.24) is 5.32 Å². The molecule has 1 aliphatic heterocycles. The van der Waals surface area contributed by atoms with E-state index in [1.807, 2.05) is 11.8 Å². The van der Waals surface area contributed by atoms with E-state index < -0.39 is 0 Å². The Morgan fingerprint density at radius 2 is 1.74 bits per heavy atom. The third kappa shape index (κ3) is 2.43. The Labute approximate surface area is 119 Å². The summed E-state index contributed by atoms with van der Waals surface area (Å²) in [6.45, 7) is 2.28. The zero-order chi connectivity index (χ0) is 13.2. The van der Waals surface area contributed by atoms with Crippen LogP contribution in [-0.2, 0) is 6.42 Å². The summed E-state index contributed by atoms with van der Waals surface area (Å²) in [6.07, 6.45) is 1.11. The standard InChI is InChI=1S/C17H19NS/c1-12(18-2)15-11-13-7-3-5-9-16(13)19-17-10-6-4-8-14(15)17/h3-10,12,15,18H,11H2,1-2H3. The highest BCUT2D eigenvalue weighted by molar-refractivity contribution is 7.99. The van der Waals surface area contributed by atoms with Crippen LogP contribution in [0, 0.1) is 0 Å². The van der Waals surface area contributed by atoms with Crippen LogP contribution in [0.2, 0.25) is 0 Å². The van der Waals surface area contributed by atoms with Crippen LogP contribution in [0.4, 0.5) is 0 Å². The molecule has 0 fully saturated rings. The molecule has 0 aromatic heterocycles. The first-order valence-corrected chi connectivity index (χ1v) is 7.63. The second-order valence-corrected chi connectivity index (χ2v) is 6.22. The molecule has 19 heavy (non-hydrogen) atoms. The van der Waals surface area contributed by atoms with Crippen LogP contribution in [0.5, 0.6) is 0 Å². The molecule has 2 unspecified atom stereocenters. The molecule has 1 heterocycles. The van der Waals surface area contributed by atoms with Crippen molar-refractivity contribution in [3.63, 3.8) is 0 Å². The fourth-order valence-electron chi connectivity index (χ4n) is 2.76. The van der Waals surface area contributed by atoms with Gasteiger partial charge in [0.2, 0.25) is 0 Å². The lowest BCUT2D eigenvalue weighted by Crippen LogP contribution is -2.30. The van der Waals surface area contributed by atoms with E-state index in [1.165, 1.54) is 20.9 Å². The van der Waals surface area contributed by atoms with Crippen molar-refractivity contribution in [3.05, 3.63) is 59.7 Å². The second-order valence-electron chi connectivity index (χ2n) is 5.14. The van der Waals surface area contributed by atoms with Crippen molar-refractivity contribution in [2.24, 2.45) is 0 Å². The zero-order valence-electron chi connectivity index (χ0n) is 11.4. The SMILES string of the molecule is CNC(C)C1Cc2ccccc2Sc2ccccc21. The van der Waals surface area contributed by atoms with Crippen molar-refractivity contribution in [2.75, 3.05) is 7.05 Å². The van der Waals surface area contributed by atoms with Crippen molar-refractivity contribution < 1.29 is 0 Å². The number of likely N-dealkylation sites (N-methyl/N-ethyl adjacent to an activating group) is 1. The topological polar surface area (TPSA) is 12.0 Å². The minimum Gasteiger partial charge on any atom is -0.317 e. The van der Waals surface area contributed by atoms with Gasteiger partial charge in [-0.05, 0) is 43.7 Å². The van der Waals surface area contributed by atoms with Crippen molar-refractivity contribution in [3.8, 4) is 0 Å². The summed E-state index contributed by atoms with van der Waals surface area (Å²) in [5.41, 5.74) is 2.95. The van der Waals surface area contributed by atoms with Gasteiger partial charge in [-0.3, -0.25) is 0 Å². The van der Waals surface area contributed by atoms with E-state index >= 15 is 0 Å². The monoisotopic (exact) mass is 269 g/mol. The molecule has 1 nitrogen and oxygen atoms in total. The summed E-state index contributed by atoms with van der Waals surface area (Å²) < 4.78 is 0. The Hall–Kier alpha value is -1.25. The zero-order valence-corrected chi connectivity index (χ0v) is 12.2. The van der Waals surface area contributed by atoms with Crippen LogP contribution in [0.1, 0.15) is 24.0 Å². The molecule has 0 aliphatic carbocycles. The van der Waals surface area contributed by atoms with E-state index in [0.717, 1.165) is 6.42 Å². The third-order valence-corrected chi connectivity index (χ3v) is 5.22. The Balaban J connectivity index is 2.11. The van der Waals surface area contributed by atoms with Gasteiger partial charge < -0.3 is 5.32 Å². The van der Waals surface area contributed by atoms with Crippen molar-refractivity contribution in [2.45, 2.75) is 35.1 Å². The van der Waals surface area contributed by atoms with Gasteiger partial charge in [-0.25, -0.2) is 0 Å². The molecule has 98 valence electrons. The number of hydrogen-bond acceptors (Lipinski definition) is 2. The first-order valence-electron chi connectivity index (χ1n) is 6.81. The molecule has 0 spiro atoms. The van der Waals surface area contributed by atoms with Gasteiger partial charge >= 0.3 is 0 Å². The second kappa shape index (κ2) is 5.40. The van der Waals surface area contributed by atoms with Crippen molar-refractivity contribution >= 4 is 11.8 Å². The summed E-state index contributed by atoms with van der Waals surface area (Å²) in [7, 11) is 2.05. The summed E-state index contributed by atoms with van der Waals surface area (Å²) in [4.78, 5) is 2.81. The number of fused-ring (bicyclic) bond motifs is 2. The molecule has 0 bridgehead atoms. The predicted octanol–water partition coefficient (Wildman–Crippen LogP) is 4.09. The molecule has 0 radical (unpaired) electrons. The van der Waals surface area contributed by atoms with Gasteiger partial charge in [0.15, 0.2) is 0 Å². The Kier molecular flexibility index (Phi) is 3.63. The lowest BCUT2D eigenvalue weighted by molar-refractivity contribution is 0.486. The molecule has 2 heteroatoms. The van der Waals surface area contributed by atoms with Crippen molar-refractivity contribution in [1.29, 1.82) is 0 Å². The van der Waals surface area contributed by atoms with Crippen LogP contribution in [0.25, 0.3) is 0 Å². The predicted molar refractivity (Wildman–Crippen MR) is 82.0 cm³/mol. The van der Waals surface area contributed by atoms with Gasteiger partial charge in [-0.1, -0.05) is 48.2 Å². The average molecular weight is 269 g/mol. The highest BCUT2D eigenvalue weighted by Gasteiger charge is 2.25. The Bertz CT molecular complexity index is 579. The minimum atomic E-state index is 0.480. The number of rotatable bonds is 2. The summed E-state index contributed by atoms with van der Waals surface area (Å²) in [6, 6.07) is 18.1. The first kappa shape index (κ1) is 12.8. The van der Waals surface area contributed by atoms with Crippen LogP contribution >= 0.6 is 11.8 Å². The van der Waals surface area contributed by atoms with E-state index in [9.17, 15) is 0 Å². The molecule has 0 saturated carbocycles. The molecule has 0 saturated heterocycles. The summed E-state index contributed by atoms with van der Waals surface area (Å²) in [5.74, 6) is 0.539. The third-order valence-electron chi connectivity index (χ3n) is 4.01. The molecule has 2 aromatic carbocycles. The quantitative estimate of drug-likeness (QED) is 0.881. The van der Waals surface area contributed by atoms with E-state index in [2.05, 4.69) is 67.8 Å². The van der Waals surface area contributed by atoms with Crippen LogP contribution in [0.3, 0.4) is 0 Å². The van der Waals surface area contributed by atoms with Crippen LogP contribution in [-0.4, -0.2) is 13.1 Å². The largest absolute Gasteiger partial charge is 0.317 e. The van der Waals surface area contributed by atoms with Gasteiger partial charge in [0.1, 0.15) is 0 Å². The smallest absolute Gasteiger partial charge is 0.0158 e. The molecule has 3 rings (SSSR count). The Morgan fingerprint density at radius 1 is 1.05 bits per heavy atom. The summed E-state index contributed by atoms with van der Waals surface area (Å²) >= 11 is 1.91. The average Bonchev–Trinajstić information content (AvgIpc) is 2.62. The molecule has 1 N–H and O–H groups in total. The van der Waals surface area contributed by atoms with Crippen LogP contribution in [0.15, 0.2) is 58.3 Å². The van der Waals surface area contributed by atoms with Gasteiger partial charge in [0.05, 0.1) is 0 Å². The van der Waals surface area contributed by atoms with E-state index in [-0.39, 0.29) is 0 Å². The molecular weight excluding hydrogens is 250 g/mol.